The van der Waals surface area contributed by atoms with Gasteiger partial charge in [-0.1, -0.05) is 19.1 Å². The van der Waals surface area contributed by atoms with E-state index < -0.39 is 0 Å². The van der Waals surface area contributed by atoms with Crippen LogP contribution in [0.5, 0.6) is 0 Å². The molecular weight excluding hydrogens is 176 g/mol. The molecule has 2 aliphatic carbocycles. The van der Waals surface area contributed by atoms with Gasteiger partial charge in [-0.2, -0.15) is 0 Å². The van der Waals surface area contributed by atoms with Gasteiger partial charge in [-0.15, -0.1) is 0 Å². The van der Waals surface area contributed by atoms with Crippen LogP contribution in [-0.2, 0) is 9.53 Å². The molecule has 0 aromatic carbocycles. The lowest BCUT2D eigenvalue weighted by atomic mass is 9.80. The predicted molar refractivity (Wildman–Crippen MR) is 54.7 cm³/mol. The fourth-order valence-corrected chi connectivity index (χ4v) is 2.53. The van der Waals surface area contributed by atoms with Crippen LogP contribution in [0, 0.1) is 11.8 Å². The molecule has 0 aromatic rings. The van der Waals surface area contributed by atoms with Crippen molar-refractivity contribution in [3.63, 3.8) is 0 Å². The number of ether oxygens (including phenoxy) is 1. The highest BCUT2D eigenvalue weighted by Crippen LogP contribution is 2.40. The van der Waals surface area contributed by atoms with Crippen LogP contribution in [0.25, 0.3) is 0 Å². The summed E-state index contributed by atoms with van der Waals surface area (Å²) >= 11 is 0. The summed E-state index contributed by atoms with van der Waals surface area (Å²) in [6, 6.07) is 0. The highest BCUT2D eigenvalue weighted by Gasteiger charge is 2.31. The summed E-state index contributed by atoms with van der Waals surface area (Å²) in [6.45, 7) is 2.16. The van der Waals surface area contributed by atoms with Crippen molar-refractivity contribution in [3.8, 4) is 0 Å². The zero-order valence-corrected chi connectivity index (χ0v) is 8.75. The number of allylic oxidation sites excluding steroid dienone is 2. The van der Waals surface area contributed by atoms with Crippen LogP contribution in [0.15, 0.2) is 23.3 Å². The minimum absolute atomic E-state index is 0.172. The first kappa shape index (κ1) is 9.50. The third kappa shape index (κ3) is 1.49. The van der Waals surface area contributed by atoms with Crippen molar-refractivity contribution >= 4 is 5.97 Å². The minimum Gasteiger partial charge on any atom is -0.465 e. The van der Waals surface area contributed by atoms with Gasteiger partial charge in [0, 0.05) is 0 Å². The number of hydrogen-bond donors (Lipinski definition) is 0. The van der Waals surface area contributed by atoms with Crippen LogP contribution in [0.2, 0.25) is 0 Å². The van der Waals surface area contributed by atoms with Crippen molar-refractivity contribution in [2.24, 2.45) is 11.8 Å². The van der Waals surface area contributed by atoms with E-state index in [1.165, 1.54) is 25.5 Å². The highest BCUT2D eigenvalue weighted by molar-refractivity contribution is 5.94. The van der Waals surface area contributed by atoms with Gasteiger partial charge in [0.1, 0.15) is 0 Å². The third-order valence-electron chi connectivity index (χ3n) is 3.14. The molecule has 0 saturated carbocycles. The van der Waals surface area contributed by atoms with E-state index in [4.69, 9.17) is 4.74 Å². The minimum atomic E-state index is -0.172. The maximum Gasteiger partial charge on any atom is 0.337 e. The molecule has 0 saturated heterocycles. The van der Waals surface area contributed by atoms with Gasteiger partial charge in [-0.05, 0) is 36.7 Å². The van der Waals surface area contributed by atoms with E-state index in [0.29, 0.717) is 11.8 Å². The zero-order valence-electron chi connectivity index (χ0n) is 8.75. The lowest BCUT2D eigenvalue weighted by molar-refractivity contribution is -0.136. The predicted octanol–water partition coefficient (Wildman–Crippen LogP) is 2.46. The molecule has 0 unspecified atom stereocenters. The quantitative estimate of drug-likeness (QED) is 0.596. The van der Waals surface area contributed by atoms with E-state index in [-0.39, 0.29) is 5.97 Å². The molecule has 0 heterocycles. The molecule has 0 aromatic heterocycles. The Morgan fingerprint density at radius 3 is 3.07 bits per heavy atom. The van der Waals surface area contributed by atoms with E-state index in [2.05, 4.69) is 19.1 Å². The Morgan fingerprint density at radius 1 is 1.57 bits per heavy atom. The van der Waals surface area contributed by atoms with Crippen LogP contribution < -0.4 is 0 Å². The van der Waals surface area contributed by atoms with E-state index in [1.807, 2.05) is 0 Å². The molecule has 0 N–H and O–H groups in total. The van der Waals surface area contributed by atoms with E-state index in [9.17, 15) is 4.79 Å². The van der Waals surface area contributed by atoms with Crippen molar-refractivity contribution in [1.29, 1.82) is 0 Å². The lowest BCUT2D eigenvalue weighted by Crippen LogP contribution is -2.18. The van der Waals surface area contributed by atoms with Crippen molar-refractivity contribution in [3.05, 3.63) is 23.3 Å². The topological polar surface area (TPSA) is 26.3 Å². The first-order chi connectivity index (χ1) is 6.72. The number of carbonyl (C=O) groups excluding carboxylic acids is 1. The summed E-state index contributed by atoms with van der Waals surface area (Å²) in [6.07, 6.45) is 7.75. The molecule has 2 nitrogen and oxygen atoms in total. The Morgan fingerprint density at radius 2 is 2.36 bits per heavy atom. The summed E-state index contributed by atoms with van der Waals surface area (Å²) in [4.78, 5) is 11.5. The van der Waals surface area contributed by atoms with Gasteiger partial charge in [0.25, 0.3) is 0 Å². The molecular formula is C12H16O2. The molecule has 2 heteroatoms. The SMILES string of the molecule is COC(=O)C1=C[C@@H](C)C[C@H]2CCC=C12. The average Bonchev–Trinajstić information content (AvgIpc) is 2.62. The molecule has 0 aliphatic heterocycles. The fourth-order valence-electron chi connectivity index (χ4n) is 2.53. The van der Waals surface area contributed by atoms with E-state index >= 15 is 0 Å². The van der Waals surface area contributed by atoms with Gasteiger partial charge in [0.05, 0.1) is 12.7 Å². The first-order valence-electron chi connectivity index (χ1n) is 5.23. The second-order valence-corrected chi connectivity index (χ2v) is 4.22. The van der Waals surface area contributed by atoms with Gasteiger partial charge in [-0.25, -0.2) is 4.79 Å². The van der Waals surface area contributed by atoms with Gasteiger partial charge in [0.2, 0.25) is 0 Å². The van der Waals surface area contributed by atoms with Gasteiger partial charge < -0.3 is 4.74 Å². The Labute approximate surface area is 84.6 Å². The van der Waals surface area contributed by atoms with Crippen LogP contribution in [0.3, 0.4) is 0 Å². The van der Waals surface area contributed by atoms with Gasteiger partial charge in [0.15, 0.2) is 0 Å². The molecule has 0 fully saturated rings. The van der Waals surface area contributed by atoms with Crippen LogP contribution >= 0.6 is 0 Å². The second kappa shape index (κ2) is 3.60. The number of hydrogen-bond acceptors (Lipinski definition) is 2. The zero-order chi connectivity index (χ0) is 10.1. The van der Waals surface area contributed by atoms with Crippen LogP contribution in [-0.4, -0.2) is 13.1 Å². The monoisotopic (exact) mass is 192 g/mol. The fraction of sp³-hybridized carbons (Fsp3) is 0.583. The smallest absolute Gasteiger partial charge is 0.337 e. The molecule has 2 aliphatic rings. The molecule has 0 bridgehead atoms. The van der Waals surface area contributed by atoms with E-state index in [0.717, 1.165) is 12.0 Å². The highest BCUT2D eigenvalue weighted by atomic mass is 16.5. The maximum atomic E-state index is 11.5. The number of esters is 1. The standard InChI is InChI=1S/C12H16O2/c1-8-6-9-4-3-5-10(9)11(7-8)12(13)14-2/h5,7-9H,3-4,6H2,1-2H3/t8-,9+/m0/s1. The Bertz CT molecular complexity index is 312. The average molecular weight is 192 g/mol. The summed E-state index contributed by atoms with van der Waals surface area (Å²) in [5.41, 5.74) is 2.05. The maximum absolute atomic E-state index is 11.5. The first-order valence-corrected chi connectivity index (χ1v) is 5.23. The molecule has 2 rings (SSSR count). The number of rotatable bonds is 1. The van der Waals surface area contributed by atoms with Crippen molar-refractivity contribution < 1.29 is 9.53 Å². The van der Waals surface area contributed by atoms with E-state index in [1.54, 1.807) is 0 Å². The number of methoxy groups -OCH3 is 1. The van der Waals surface area contributed by atoms with Crippen LogP contribution in [0.4, 0.5) is 0 Å². The van der Waals surface area contributed by atoms with Gasteiger partial charge >= 0.3 is 5.97 Å². The van der Waals surface area contributed by atoms with Crippen molar-refractivity contribution in [2.45, 2.75) is 26.2 Å². The Hall–Kier alpha value is -1.05. The lowest BCUT2D eigenvalue weighted by Gasteiger charge is -2.25. The molecule has 0 spiro atoms. The molecule has 14 heavy (non-hydrogen) atoms. The molecule has 76 valence electrons. The molecule has 2 atom stereocenters. The largest absolute Gasteiger partial charge is 0.465 e. The Balaban J connectivity index is 2.31. The second-order valence-electron chi connectivity index (χ2n) is 4.22. The summed E-state index contributed by atoms with van der Waals surface area (Å²) in [5, 5.41) is 0. The molecule has 0 amide bonds. The number of fused-ring (bicyclic) bond motifs is 1. The van der Waals surface area contributed by atoms with Crippen LogP contribution in [0.1, 0.15) is 26.2 Å². The summed E-state index contributed by atoms with van der Waals surface area (Å²) in [7, 11) is 1.45. The number of carbonyl (C=O) groups is 1. The summed E-state index contributed by atoms with van der Waals surface area (Å²) in [5.74, 6) is 0.933. The Kier molecular flexibility index (Phi) is 2.44. The van der Waals surface area contributed by atoms with Gasteiger partial charge in [-0.3, -0.25) is 0 Å². The van der Waals surface area contributed by atoms with Crippen molar-refractivity contribution in [2.75, 3.05) is 7.11 Å². The third-order valence-corrected chi connectivity index (χ3v) is 3.14. The summed E-state index contributed by atoms with van der Waals surface area (Å²) < 4.78 is 4.80. The van der Waals surface area contributed by atoms with Crippen molar-refractivity contribution in [1.82, 2.24) is 0 Å². The normalized spacial score (nSPS) is 30.4. The molecule has 0 radical (unpaired) electrons.